The molecular formula is C16H23NO5. The van der Waals surface area contributed by atoms with Crippen molar-refractivity contribution in [2.45, 2.75) is 45.5 Å². The maximum absolute atomic E-state index is 11.5. The lowest BCUT2D eigenvalue weighted by atomic mass is 9.97. The van der Waals surface area contributed by atoms with Crippen molar-refractivity contribution in [1.82, 2.24) is 5.32 Å². The van der Waals surface area contributed by atoms with E-state index < -0.39 is 23.9 Å². The summed E-state index contributed by atoms with van der Waals surface area (Å²) in [5, 5.41) is 22.5. The van der Waals surface area contributed by atoms with E-state index in [9.17, 15) is 19.8 Å². The number of aliphatic hydroxyl groups excluding tert-OH is 2. The van der Waals surface area contributed by atoms with Crippen LogP contribution in [0.15, 0.2) is 18.2 Å². The lowest BCUT2D eigenvalue weighted by molar-refractivity contribution is 0.0126. The fourth-order valence-electron chi connectivity index (χ4n) is 1.89. The van der Waals surface area contributed by atoms with Crippen LogP contribution in [0.3, 0.4) is 0 Å². The summed E-state index contributed by atoms with van der Waals surface area (Å²) in [5.41, 5.74) is 0.859. The number of aryl methyl sites for hydroxylation is 1. The molecule has 0 aromatic heterocycles. The lowest BCUT2D eigenvalue weighted by Crippen LogP contribution is -2.39. The van der Waals surface area contributed by atoms with Crippen LogP contribution in [-0.2, 0) is 4.74 Å². The number of rotatable bonds is 5. The maximum Gasteiger partial charge on any atom is 0.407 e. The zero-order valence-corrected chi connectivity index (χ0v) is 13.3. The second-order valence-electron chi connectivity index (χ2n) is 6.15. The van der Waals surface area contributed by atoms with Crippen LogP contribution in [0.25, 0.3) is 0 Å². The minimum absolute atomic E-state index is 0.192. The van der Waals surface area contributed by atoms with Crippen LogP contribution < -0.4 is 5.32 Å². The van der Waals surface area contributed by atoms with Crippen molar-refractivity contribution in [3.05, 3.63) is 34.9 Å². The normalized spacial score (nSPS) is 14.1. The smallest absolute Gasteiger partial charge is 0.407 e. The average Bonchev–Trinajstić information content (AvgIpc) is 2.42. The predicted molar refractivity (Wildman–Crippen MR) is 81.8 cm³/mol. The first-order chi connectivity index (χ1) is 10.1. The van der Waals surface area contributed by atoms with Gasteiger partial charge in [-0.3, -0.25) is 4.79 Å². The quantitative estimate of drug-likeness (QED) is 0.720. The number of carbonyl (C=O) groups excluding carboxylic acids is 2. The molecule has 0 aliphatic rings. The number of aldehydes is 1. The van der Waals surface area contributed by atoms with Crippen LogP contribution in [0.2, 0.25) is 0 Å². The van der Waals surface area contributed by atoms with Crippen molar-refractivity contribution in [3.63, 3.8) is 0 Å². The highest BCUT2D eigenvalue weighted by Crippen LogP contribution is 2.21. The number of alkyl carbamates (subject to hydrolysis) is 1. The molecule has 0 heterocycles. The molecule has 0 aliphatic heterocycles. The van der Waals surface area contributed by atoms with E-state index in [1.165, 1.54) is 0 Å². The van der Waals surface area contributed by atoms with E-state index in [1.807, 2.05) is 6.92 Å². The molecule has 22 heavy (non-hydrogen) atoms. The zero-order valence-electron chi connectivity index (χ0n) is 13.3. The minimum Gasteiger partial charge on any atom is -0.444 e. The molecule has 0 aliphatic carbocycles. The van der Waals surface area contributed by atoms with Gasteiger partial charge in [0.25, 0.3) is 0 Å². The van der Waals surface area contributed by atoms with Crippen LogP contribution >= 0.6 is 0 Å². The number of aliphatic hydroxyl groups is 2. The molecule has 1 amide bonds. The first-order valence-corrected chi connectivity index (χ1v) is 7.02. The predicted octanol–water partition coefficient (Wildman–Crippen LogP) is 1.73. The molecule has 0 bridgehead atoms. The van der Waals surface area contributed by atoms with E-state index in [-0.39, 0.29) is 6.54 Å². The van der Waals surface area contributed by atoms with Crippen LogP contribution in [0.1, 0.15) is 48.4 Å². The Labute approximate surface area is 130 Å². The third kappa shape index (κ3) is 5.46. The first-order valence-electron chi connectivity index (χ1n) is 7.02. The van der Waals surface area contributed by atoms with E-state index >= 15 is 0 Å². The van der Waals surface area contributed by atoms with E-state index in [2.05, 4.69) is 5.32 Å². The second-order valence-corrected chi connectivity index (χ2v) is 6.15. The summed E-state index contributed by atoms with van der Waals surface area (Å²) in [4.78, 5) is 22.6. The van der Waals surface area contributed by atoms with Gasteiger partial charge in [-0.25, -0.2) is 4.79 Å². The Hall–Kier alpha value is -1.92. The van der Waals surface area contributed by atoms with Crippen molar-refractivity contribution in [3.8, 4) is 0 Å². The molecule has 2 unspecified atom stereocenters. The molecule has 1 aromatic rings. The largest absolute Gasteiger partial charge is 0.444 e. The fraction of sp³-hybridized carbons (Fsp3) is 0.500. The van der Waals surface area contributed by atoms with Crippen molar-refractivity contribution >= 4 is 12.4 Å². The molecule has 6 nitrogen and oxygen atoms in total. The number of hydrogen-bond acceptors (Lipinski definition) is 5. The highest BCUT2D eigenvalue weighted by Gasteiger charge is 2.23. The summed E-state index contributed by atoms with van der Waals surface area (Å²) in [6.07, 6.45) is -2.59. The average molecular weight is 309 g/mol. The van der Waals surface area contributed by atoms with Gasteiger partial charge in [0.05, 0.1) is 0 Å². The third-order valence-corrected chi connectivity index (χ3v) is 2.91. The van der Waals surface area contributed by atoms with Crippen molar-refractivity contribution in [1.29, 1.82) is 0 Å². The summed E-state index contributed by atoms with van der Waals surface area (Å²) >= 11 is 0. The summed E-state index contributed by atoms with van der Waals surface area (Å²) in [6.45, 7) is 6.80. The second kappa shape index (κ2) is 7.38. The fourth-order valence-corrected chi connectivity index (χ4v) is 1.89. The molecular weight excluding hydrogens is 286 g/mol. The monoisotopic (exact) mass is 309 g/mol. The number of ether oxygens (including phenoxy) is 1. The lowest BCUT2D eigenvalue weighted by Gasteiger charge is -2.22. The Balaban J connectivity index is 2.68. The molecule has 1 rings (SSSR count). The van der Waals surface area contributed by atoms with Crippen molar-refractivity contribution < 1.29 is 24.5 Å². The van der Waals surface area contributed by atoms with E-state index in [1.54, 1.807) is 39.0 Å². The SMILES string of the molecule is Cc1ccc(C(O)C(O)CNC(=O)OC(C)(C)C)c(C=O)c1. The van der Waals surface area contributed by atoms with Crippen LogP contribution in [-0.4, -0.2) is 40.8 Å². The molecule has 6 heteroatoms. The van der Waals surface area contributed by atoms with Gasteiger partial charge in [0.2, 0.25) is 0 Å². The van der Waals surface area contributed by atoms with Crippen LogP contribution in [0, 0.1) is 6.92 Å². The summed E-state index contributed by atoms with van der Waals surface area (Å²) < 4.78 is 5.04. The number of nitrogens with one attached hydrogen (secondary N) is 1. The Kier molecular flexibility index (Phi) is 6.08. The highest BCUT2D eigenvalue weighted by atomic mass is 16.6. The molecule has 0 radical (unpaired) electrons. The van der Waals surface area contributed by atoms with Crippen molar-refractivity contribution in [2.24, 2.45) is 0 Å². The molecule has 1 aromatic carbocycles. The minimum atomic E-state index is -1.28. The summed E-state index contributed by atoms with van der Waals surface area (Å²) in [6, 6.07) is 4.94. The first kappa shape index (κ1) is 18.1. The topological polar surface area (TPSA) is 95.9 Å². The Morgan fingerprint density at radius 2 is 2.00 bits per heavy atom. The number of amides is 1. The molecule has 0 fully saturated rings. The van der Waals surface area contributed by atoms with Crippen LogP contribution in [0.5, 0.6) is 0 Å². The molecule has 0 spiro atoms. The Morgan fingerprint density at radius 3 is 2.55 bits per heavy atom. The Morgan fingerprint density at radius 1 is 1.36 bits per heavy atom. The summed E-state index contributed by atoms with van der Waals surface area (Å²) in [5.74, 6) is 0. The molecule has 2 atom stereocenters. The molecule has 122 valence electrons. The number of benzene rings is 1. The van der Waals surface area contributed by atoms with Gasteiger partial charge in [-0.1, -0.05) is 17.7 Å². The van der Waals surface area contributed by atoms with E-state index in [0.29, 0.717) is 17.4 Å². The van der Waals surface area contributed by atoms with Crippen molar-refractivity contribution in [2.75, 3.05) is 6.54 Å². The van der Waals surface area contributed by atoms with Gasteiger partial charge in [0.15, 0.2) is 0 Å². The van der Waals surface area contributed by atoms with E-state index in [0.717, 1.165) is 5.56 Å². The summed E-state index contributed by atoms with van der Waals surface area (Å²) in [7, 11) is 0. The van der Waals surface area contributed by atoms with Gasteiger partial charge in [-0.05, 0) is 39.3 Å². The molecule has 0 saturated heterocycles. The zero-order chi connectivity index (χ0) is 16.9. The van der Waals surface area contributed by atoms with Gasteiger partial charge in [-0.2, -0.15) is 0 Å². The van der Waals surface area contributed by atoms with Gasteiger partial charge in [0, 0.05) is 12.1 Å². The van der Waals surface area contributed by atoms with E-state index in [4.69, 9.17) is 4.74 Å². The van der Waals surface area contributed by atoms with Gasteiger partial charge in [0.1, 0.15) is 24.1 Å². The Bertz CT molecular complexity index is 536. The molecule has 0 saturated carbocycles. The van der Waals surface area contributed by atoms with Gasteiger partial charge < -0.3 is 20.3 Å². The maximum atomic E-state index is 11.5. The highest BCUT2D eigenvalue weighted by molar-refractivity contribution is 5.78. The molecule has 3 N–H and O–H groups in total. The van der Waals surface area contributed by atoms with Crippen LogP contribution in [0.4, 0.5) is 4.79 Å². The van der Waals surface area contributed by atoms with Gasteiger partial charge >= 0.3 is 6.09 Å². The third-order valence-electron chi connectivity index (χ3n) is 2.91. The standard InChI is InChI=1S/C16H23NO5/c1-10-5-6-12(11(7-10)9-18)14(20)13(19)8-17-15(21)22-16(2,3)4/h5-7,9,13-14,19-20H,8H2,1-4H3,(H,17,21). The number of hydrogen-bond donors (Lipinski definition) is 3. The van der Waals surface area contributed by atoms with Gasteiger partial charge in [-0.15, -0.1) is 0 Å². The number of carbonyl (C=O) groups is 2.